The molecule has 0 saturated heterocycles. The Hall–Kier alpha value is -5.64. The van der Waals surface area contributed by atoms with Crippen LogP contribution in [0, 0.1) is 0 Å². The molecule has 0 heterocycles. The summed E-state index contributed by atoms with van der Waals surface area (Å²) in [5, 5.41) is 28.0. The number of anilines is 6. The summed E-state index contributed by atoms with van der Waals surface area (Å²) in [6.07, 6.45) is 6.48. The van der Waals surface area contributed by atoms with Gasteiger partial charge in [0, 0.05) is 62.6 Å². The summed E-state index contributed by atoms with van der Waals surface area (Å²) in [5.41, 5.74) is 11.9. The Labute approximate surface area is 645 Å². The van der Waals surface area contributed by atoms with Gasteiger partial charge >= 0.3 is 114 Å². The molecule has 4 N–H and O–H groups in total. The second-order valence-corrected chi connectivity index (χ2v) is 65.6. The van der Waals surface area contributed by atoms with Gasteiger partial charge in [-0.15, -0.1) is 0 Å². The number of para-hydroxylation sites is 8. The number of nitrogens with zero attached hydrogens (tertiary/aromatic N) is 2. The van der Waals surface area contributed by atoms with Crippen molar-refractivity contribution in [3.05, 3.63) is 344 Å². The zero-order chi connectivity index (χ0) is 71.9. The van der Waals surface area contributed by atoms with E-state index in [1.807, 2.05) is 152 Å². The van der Waals surface area contributed by atoms with Crippen LogP contribution < -0.4 is 28.7 Å². The van der Waals surface area contributed by atoms with Gasteiger partial charge in [0.05, 0.1) is 28.4 Å². The number of allylic oxidation sites excluding steroid dienone is 1. The molecule has 0 aromatic heterocycles. The third-order valence-electron chi connectivity index (χ3n) is 12.0. The van der Waals surface area contributed by atoms with E-state index in [1.54, 1.807) is 28.4 Å². The molecule has 0 saturated carbocycles. The molecule has 11 rings (SSSR count). The molecule has 17 heteroatoms. The van der Waals surface area contributed by atoms with E-state index >= 15 is 0 Å². The van der Waals surface area contributed by atoms with Crippen LogP contribution in [0.4, 0.5) is 34.1 Å². The molecule has 0 aliphatic heterocycles. The first-order valence-corrected chi connectivity index (χ1v) is 52.3. The first-order chi connectivity index (χ1) is 47.5. The van der Waals surface area contributed by atoms with Crippen LogP contribution in [0.1, 0.15) is 30.5 Å². The minimum absolute atomic E-state index is 0.278. The molecule has 0 radical (unpaired) electrons. The van der Waals surface area contributed by atoms with E-state index in [0.29, 0.717) is 9.47 Å². The molecule has 0 fully saturated rings. The maximum absolute atomic E-state index is 7.00. The molecular formula is C80H90I5N2O8V2. The molecule has 97 heavy (non-hydrogen) atoms. The molecule has 0 unspecified atom stereocenters. The van der Waals surface area contributed by atoms with Crippen molar-refractivity contribution in [3.63, 3.8) is 0 Å². The van der Waals surface area contributed by atoms with Crippen molar-refractivity contribution in [3.8, 4) is 23.0 Å². The summed E-state index contributed by atoms with van der Waals surface area (Å²) in [7, 11) is 11.3. The van der Waals surface area contributed by atoms with Crippen LogP contribution in [0.5, 0.6) is 23.0 Å². The Morgan fingerprint density at radius 1 is 0.289 bits per heavy atom. The van der Waals surface area contributed by atoms with Gasteiger partial charge in [0.15, 0.2) is 0 Å². The van der Waals surface area contributed by atoms with Gasteiger partial charge < -0.3 is 49.2 Å². The average Bonchev–Trinajstić information content (AvgIpc) is 0.836. The van der Waals surface area contributed by atoms with E-state index in [2.05, 4.69) is 312 Å². The van der Waals surface area contributed by atoms with Crippen LogP contribution in [0.3, 0.4) is 0 Å². The fourth-order valence-corrected chi connectivity index (χ4v) is 7.97. The molecular weight excluding hydrogens is 1850 g/mol. The minimum atomic E-state index is -0.278. The molecule has 0 aliphatic rings. The van der Waals surface area contributed by atoms with Crippen LogP contribution in [0.15, 0.2) is 327 Å². The Morgan fingerprint density at radius 2 is 0.454 bits per heavy atom. The third kappa shape index (κ3) is 43.5. The topological polar surface area (TPSA) is 124 Å². The summed E-state index contributed by atoms with van der Waals surface area (Å²) >= 11 is 12.1. The normalized spacial score (nSPS) is 9.03. The number of methoxy groups -OCH3 is 4. The van der Waals surface area contributed by atoms with E-state index in [0.717, 1.165) is 85.6 Å². The molecule has 11 aromatic carbocycles. The van der Waals surface area contributed by atoms with Gasteiger partial charge in [0.25, 0.3) is 0 Å². The van der Waals surface area contributed by atoms with Crippen LogP contribution >= 0.6 is 99.9 Å². The predicted octanol–water partition coefficient (Wildman–Crippen LogP) is 23.5. The monoisotopic (exact) mass is 1940 g/mol. The van der Waals surface area contributed by atoms with E-state index in [9.17, 15) is 0 Å². The van der Waals surface area contributed by atoms with Gasteiger partial charge in [-0.05, 0) is 152 Å². The predicted molar refractivity (Wildman–Crippen MR) is 452 cm³/mol. The van der Waals surface area contributed by atoms with Crippen LogP contribution in [-0.4, -0.2) is 77.3 Å². The molecule has 0 spiro atoms. The fourth-order valence-electron chi connectivity index (χ4n) is 7.97. The third-order valence-corrected chi connectivity index (χ3v) is 12.0. The van der Waals surface area contributed by atoms with E-state index in [4.69, 9.17) is 39.4 Å². The average molecular weight is 1940 g/mol. The Balaban J connectivity index is 0.00000117. The molecule has 513 valence electrons. The molecule has 10 nitrogen and oxygen atoms in total. The quantitative estimate of drug-likeness (QED) is 0.0655. The molecule has 11 aromatic rings. The zero-order valence-electron chi connectivity index (χ0n) is 56.4. The Kier molecular flexibility index (Phi) is 60.1. The van der Waals surface area contributed by atoms with Crippen LogP contribution in [0.2, 0.25) is 0 Å². The van der Waals surface area contributed by atoms with E-state index < -0.39 is 0 Å². The first kappa shape index (κ1) is 91.4. The summed E-state index contributed by atoms with van der Waals surface area (Å²) < 4.78 is 19.7. The number of hydrogen-bond donors (Lipinski definition) is 4. The van der Waals surface area contributed by atoms with E-state index in [1.165, 1.54) is 22.3 Å². The van der Waals surface area contributed by atoms with Crippen molar-refractivity contribution >= 4 is 152 Å². The standard InChI is InChI=1S/C26H21N.C22H21N.4C7H8O.4CH4O.5HI.2V/c1-4-10-22(11-5-1)16-17-23-18-20-26(21-19-23)27(24-12-6-2-7-13-24)25-14-8-3-9-15-25;1-18(2)17-19-13-15-22(16-14-19)23(20-9-5-3-6-10-20)21-11-7-4-8-12-21;4*1-8-7-5-3-2-4-6-7;4*1-2;;;;;;;/h1-21H;3-17H,1-2H3;4*2-6H,1H3;4*2H,1H3;5*1H;;/q;;;;;;;;;;;;;;;+2;+3/p-5. The molecule has 0 aliphatic carbocycles. The summed E-state index contributed by atoms with van der Waals surface area (Å²) in [4.78, 5) is 4.26. The molecule has 0 atom stereocenters. The van der Waals surface area contributed by atoms with Crippen molar-refractivity contribution in [2.75, 3.05) is 66.7 Å². The number of aliphatic hydroxyl groups excluding tert-OH is 4. The first-order valence-electron chi connectivity index (χ1n) is 29.8. The number of halogens is 5. The molecule has 0 bridgehead atoms. The van der Waals surface area contributed by atoms with Crippen molar-refractivity contribution in [1.29, 1.82) is 0 Å². The summed E-state index contributed by atoms with van der Waals surface area (Å²) in [5.74, 6) is 3.64. The second kappa shape index (κ2) is 63.8. The van der Waals surface area contributed by atoms with Crippen molar-refractivity contribution in [1.82, 2.24) is 0 Å². The van der Waals surface area contributed by atoms with Crippen molar-refractivity contribution in [2.24, 2.45) is 0 Å². The number of hydrogen-bond acceptors (Lipinski definition) is 10. The van der Waals surface area contributed by atoms with Gasteiger partial charge in [-0.2, -0.15) is 0 Å². The number of rotatable bonds is 13. The SMILES string of the molecule is C(=Cc1ccc(N(c2ccccc2)c2ccccc2)cc1)c1ccccc1.CC(C)=Cc1ccc(N(c2ccccc2)c2ccccc2)cc1.CO.CO.CO.CO.COc1ccccc1.COc1ccccc1.COc1ccccc1.COc1ccccc1.[I][V]([I])[I].[I][V][I]. The van der Waals surface area contributed by atoms with Crippen molar-refractivity contribution < 1.29 is 53.8 Å². The van der Waals surface area contributed by atoms with Crippen molar-refractivity contribution in [2.45, 2.75) is 13.8 Å². The van der Waals surface area contributed by atoms with E-state index in [-0.39, 0.29) is 4.92 Å². The number of aliphatic hydroxyl groups is 4. The Bertz CT molecular complexity index is 3300. The van der Waals surface area contributed by atoms with Gasteiger partial charge in [0.2, 0.25) is 0 Å². The zero-order valence-corrected chi connectivity index (χ0v) is 70.0. The number of benzene rings is 11. The summed E-state index contributed by atoms with van der Waals surface area (Å²) in [6.45, 7) is 4.24. The summed E-state index contributed by atoms with van der Waals surface area (Å²) in [6, 6.07) is 108. The second-order valence-electron chi connectivity index (χ2n) is 18.5. The number of ether oxygens (including phenoxy) is 4. The Morgan fingerprint density at radius 3 is 0.639 bits per heavy atom. The fraction of sp³-hybridized carbons (Fsp3) is 0.125. The van der Waals surface area contributed by atoms with Crippen LogP contribution in [0.25, 0.3) is 18.2 Å². The van der Waals surface area contributed by atoms with Gasteiger partial charge in [0.1, 0.15) is 23.0 Å². The molecule has 0 amide bonds. The van der Waals surface area contributed by atoms with Gasteiger partial charge in [-0.1, -0.05) is 224 Å². The van der Waals surface area contributed by atoms with Crippen LogP contribution in [-0.2, 0) is 14.4 Å². The van der Waals surface area contributed by atoms with Gasteiger partial charge in [-0.25, -0.2) is 0 Å². The van der Waals surface area contributed by atoms with Gasteiger partial charge in [-0.3, -0.25) is 0 Å². The maximum atomic E-state index is 7.00.